The number of aliphatic hydroxyl groups excluding tert-OH is 1. The third-order valence-electron chi connectivity index (χ3n) is 7.29. The second-order valence-corrected chi connectivity index (χ2v) is 9.51. The number of hydrogen-bond donors (Lipinski definition) is 2. The van der Waals surface area contributed by atoms with Gasteiger partial charge in [-0.25, -0.2) is 4.39 Å². The summed E-state index contributed by atoms with van der Waals surface area (Å²) in [7, 11) is 0. The van der Waals surface area contributed by atoms with E-state index in [0.29, 0.717) is 68.5 Å². The number of nitrogens with one attached hydrogen (secondary N) is 1. The van der Waals surface area contributed by atoms with Crippen molar-refractivity contribution in [2.45, 2.75) is 44.0 Å². The topological polar surface area (TPSA) is 102 Å². The summed E-state index contributed by atoms with van der Waals surface area (Å²) in [4.78, 5) is 14.5. The van der Waals surface area contributed by atoms with Gasteiger partial charge in [-0.2, -0.15) is 5.10 Å². The Labute approximate surface area is 201 Å². The van der Waals surface area contributed by atoms with E-state index in [9.17, 15) is 14.3 Å². The minimum Gasteiger partial charge on any atom is -0.484 e. The average Bonchev–Trinajstić information content (AvgIpc) is 2.87. The lowest BCUT2D eigenvalue weighted by atomic mass is 9.88. The maximum Gasteiger partial charge on any atom is 0.276 e. The van der Waals surface area contributed by atoms with Gasteiger partial charge in [-0.15, -0.1) is 5.10 Å². The Morgan fingerprint density at radius 1 is 1.11 bits per heavy atom. The fourth-order valence-corrected chi connectivity index (χ4v) is 5.55. The smallest absolute Gasteiger partial charge is 0.276 e. The minimum atomic E-state index is -0.562. The molecule has 2 aromatic heterocycles. The summed E-state index contributed by atoms with van der Waals surface area (Å²) < 4.78 is 27.6. The Kier molecular flexibility index (Phi) is 5.87. The van der Waals surface area contributed by atoms with Crippen LogP contribution in [0.4, 0.5) is 4.39 Å². The third-order valence-corrected chi connectivity index (χ3v) is 7.29. The predicted molar refractivity (Wildman–Crippen MR) is 126 cm³/mol. The van der Waals surface area contributed by atoms with Crippen LogP contribution in [0.5, 0.6) is 11.6 Å². The number of rotatable bonds is 5. The highest BCUT2D eigenvalue weighted by molar-refractivity contribution is 5.83. The van der Waals surface area contributed by atoms with E-state index >= 15 is 0 Å². The molecule has 10 heteroatoms. The minimum absolute atomic E-state index is 0.0230. The second kappa shape index (κ2) is 9.18. The van der Waals surface area contributed by atoms with Crippen LogP contribution < -0.4 is 20.3 Å². The Balaban J connectivity index is 1.10. The highest BCUT2D eigenvalue weighted by Gasteiger charge is 2.32. The van der Waals surface area contributed by atoms with Crippen LogP contribution in [0, 0.1) is 5.82 Å². The van der Waals surface area contributed by atoms with Crippen molar-refractivity contribution in [3.63, 3.8) is 0 Å². The number of pyridine rings is 1. The van der Waals surface area contributed by atoms with Crippen LogP contribution in [0.25, 0.3) is 10.9 Å². The lowest BCUT2D eigenvalue weighted by Crippen LogP contribution is -2.53. The second-order valence-electron chi connectivity index (χ2n) is 9.51. The molecular formula is C25H28FN5O4. The van der Waals surface area contributed by atoms with Crippen molar-refractivity contribution < 1.29 is 19.0 Å². The normalized spacial score (nSPS) is 24.0. The van der Waals surface area contributed by atoms with Crippen molar-refractivity contribution in [3.05, 3.63) is 57.8 Å². The zero-order valence-corrected chi connectivity index (χ0v) is 19.3. The maximum absolute atomic E-state index is 15.0. The maximum atomic E-state index is 15.0. The first-order valence-electron chi connectivity index (χ1n) is 12.1. The Bertz CT molecular complexity index is 1310. The summed E-state index contributed by atoms with van der Waals surface area (Å²) >= 11 is 0. The number of nitrogens with zero attached hydrogens (tertiary/aromatic N) is 4. The lowest BCUT2D eigenvalue weighted by molar-refractivity contribution is 0.0363. The van der Waals surface area contributed by atoms with Gasteiger partial charge in [-0.1, -0.05) is 0 Å². The molecule has 0 radical (unpaired) electrons. The van der Waals surface area contributed by atoms with Gasteiger partial charge in [0, 0.05) is 55.8 Å². The molecule has 1 fully saturated rings. The van der Waals surface area contributed by atoms with Gasteiger partial charge in [0.2, 0.25) is 0 Å². The summed E-state index contributed by atoms with van der Waals surface area (Å²) in [6.45, 7) is 3.94. The number of fused-ring (bicyclic) bond motifs is 1. The van der Waals surface area contributed by atoms with Gasteiger partial charge in [-0.3, -0.25) is 4.79 Å². The molecule has 3 aromatic rings. The summed E-state index contributed by atoms with van der Waals surface area (Å²) in [5, 5.41) is 23.4. The number of piperidine rings is 1. The molecular weight excluding hydrogens is 453 g/mol. The third kappa shape index (κ3) is 4.26. The molecule has 0 saturated carbocycles. The molecule has 35 heavy (non-hydrogen) atoms. The van der Waals surface area contributed by atoms with E-state index in [1.807, 2.05) is 6.07 Å². The van der Waals surface area contributed by atoms with Crippen molar-refractivity contribution in [2.75, 3.05) is 32.8 Å². The quantitative estimate of drug-likeness (QED) is 0.564. The highest BCUT2D eigenvalue weighted by atomic mass is 19.1. The molecule has 1 saturated heterocycles. The van der Waals surface area contributed by atoms with E-state index in [4.69, 9.17) is 9.47 Å². The molecule has 0 bridgehead atoms. The standard InChI is InChI=1S/C25H28FN5O4/c26-18-3-1-15-2-4-22(33)31-8-5-16(23(18)24(15)31)13-30-7-6-19(20(32)14-30)27-12-17-11-21-25(29-28-17)35-10-9-34-21/h1-4,11,16,19-20,27,32H,5-10,12-14H2/t16?,19-,20+/m0/s1. The van der Waals surface area contributed by atoms with Crippen molar-refractivity contribution in [1.82, 2.24) is 25.0 Å². The number of likely N-dealkylation sites (tertiary alicyclic amines) is 1. The zero-order valence-electron chi connectivity index (χ0n) is 19.3. The van der Waals surface area contributed by atoms with Crippen LogP contribution in [0.1, 0.15) is 30.0 Å². The van der Waals surface area contributed by atoms with Gasteiger partial charge in [0.1, 0.15) is 19.0 Å². The fraction of sp³-hybridized carbons (Fsp3) is 0.480. The number of aryl methyl sites for hydroxylation is 1. The number of ether oxygens (including phenoxy) is 2. The van der Waals surface area contributed by atoms with Gasteiger partial charge in [0.15, 0.2) is 5.75 Å². The fourth-order valence-electron chi connectivity index (χ4n) is 5.55. The molecule has 2 N–H and O–H groups in total. The molecule has 5 heterocycles. The number of aromatic nitrogens is 3. The van der Waals surface area contributed by atoms with Gasteiger partial charge in [0.25, 0.3) is 11.4 Å². The molecule has 3 atom stereocenters. The Hall–Kier alpha value is -3.08. The molecule has 3 aliphatic rings. The SMILES string of the molecule is O=c1ccc2ccc(F)c3c2n1CCC3CN1CC[C@H](NCc2cc3c(nn2)OCCO3)[C@H](O)C1. The van der Waals surface area contributed by atoms with Crippen LogP contribution in [0.15, 0.2) is 35.1 Å². The van der Waals surface area contributed by atoms with Crippen molar-refractivity contribution >= 4 is 10.9 Å². The van der Waals surface area contributed by atoms with Crippen LogP contribution in [0.3, 0.4) is 0 Å². The van der Waals surface area contributed by atoms with E-state index in [2.05, 4.69) is 20.4 Å². The molecule has 6 rings (SSSR count). The van der Waals surface area contributed by atoms with Gasteiger partial charge < -0.3 is 29.4 Å². The molecule has 0 aliphatic carbocycles. The largest absolute Gasteiger partial charge is 0.484 e. The number of hydrogen-bond acceptors (Lipinski definition) is 8. The van der Waals surface area contributed by atoms with Crippen molar-refractivity contribution in [3.8, 4) is 11.6 Å². The molecule has 1 aromatic carbocycles. The molecule has 3 aliphatic heterocycles. The first kappa shape index (κ1) is 22.4. The van der Waals surface area contributed by atoms with E-state index in [1.54, 1.807) is 22.8 Å². The molecule has 1 unspecified atom stereocenters. The van der Waals surface area contributed by atoms with E-state index in [0.717, 1.165) is 24.0 Å². The van der Waals surface area contributed by atoms with E-state index in [-0.39, 0.29) is 23.3 Å². The van der Waals surface area contributed by atoms with Crippen LogP contribution in [-0.4, -0.2) is 69.8 Å². The molecule has 0 spiro atoms. The van der Waals surface area contributed by atoms with E-state index < -0.39 is 6.10 Å². The molecule has 184 valence electrons. The molecule has 9 nitrogen and oxygen atoms in total. The number of aliphatic hydroxyl groups is 1. The lowest BCUT2D eigenvalue weighted by Gasteiger charge is -2.39. The van der Waals surface area contributed by atoms with Crippen molar-refractivity contribution in [2.24, 2.45) is 0 Å². The number of β-amino-alcohol motifs (C(OH)–C–C–N with tert-alkyl or cyclic N) is 1. The van der Waals surface area contributed by atoms with Crippen LogP contribution in [-0.2, 0) is 13.1 Å². The summed E-state index contributed by atoms with van der Waals surface area (Å²) in [6, 6.07) is 8.29. The summed E-state index contributed by atoms with van der Waals surface area (Å²) in [5.41, 5.74) is 1.97. The number of halogens is 1. The highest BCUT2D eigenvalue weighted by Crippen LogP contribution is 2.35. The number of benzene rings is 1. The molecule has 0 amide bonds. The Morgan fingerprint density at radius 2 is 1.97 bits per heavy atom. The Morgan fingerprint density at radius 3 is 2.86 bits per heavy atom. The van der Waals surface area contributed by atoms with Crippen LogP contribution in [0.2, 0.25) is 0 Å². The first-order valence-corrected chi connectivity index (χ1v) is 12.1. The van der Waals surface area contributed by atoms with Gasteiger partial charge >= 0.3 is 0 Å². The summed E-state index contributed by atoms with van der Waals surface area (Å²) in [6.07, 6.45) is 0.895. The summed E-state index contributed by atoms with van der Waals surface area (Å²) in [5.74, 6) is 0.719. The van der Waals surface area contributed by atoms with Gasteiger partial charge in [-0.05, 0) is 43.0 Å². The van der Waals surface area contributed by atoms with Crippen LogP contribution >= 0.6 is 0 Å². The van der Waals surface area contributed by atoms with Crippen molar-refractivity contribution in [1.29, 1.82) is 0 Å². The monoisotopic (exact) mass is 481 g/mol. The van der Waals surface area contributed by atoms with E-state index in [1.165, 1.54) is 6.07 Å². The predicted octanol–water partition coefficient (Wildman–Crippen LogP) is 1.41. The first-order chi connectivity index (χ1) is 17.1. The zero-order chi connectivity index (χ0) is 23.9. The van der Waals surface area contributed by atoms with Gasteiger partial charge in [0.05, 0.1) is 17.3 Å². The average molecular weight is 482 g/mol.